The summed E-state index contributed by atoms with van der Waals surface area (Å²) in [6.07, 6.45) is -3.64. The SMILES string of the molecule is CCCNC(c1ccc2c(c1)C(C)(C)CO2)C(F)(F)F. The molecule has 0 aromatic heterocycles. The molecule has 0 amide bonds. The number of ether oxygens (including phenoxy) is 1. The Morgan fingerprint density at radius 3 is 2.65 bits per heavy atom. The van der Waals surface area contributed by atoms with Gasteiger partial charge in [-0.1, -0.05) is 26.8 Å². The monoisotopic (exact) mass is 287 g/mol. The fourth-order valence-electron chi connectivity index (χ4n) is 2.43. The lowest BCUT2D eigenvalue weighted by Crippen LogP contribution is -2.34. The number of nitrogens with one attached hydrogen (secondary N) is 1. The number of hydrogen-bond donors (Lipinski definition) is 1. The Kier molecular flexibility index (Phi) is 4.00. The number of benzene rings is 1. The lowest BCUT2D eigenvalue weighted by molar-refractivity contribution is -0.157. The van der Waals surface area contributed by atoms with Crippen LogP contribution in [-0.4, -0.2) is 19.3 Å². The molecule has 0 fully saturated rings. The fourth-order valence-corrected chi connectivity index (χ4v) is 2.43. The molecule has 1 heterocycles. The van der Waals surface area contributed by atoms with Crippen LogP contribution in [0.1, 0.15) is 44.4 Å². The maximum absolute atomic E-state index is 13.2. The van der Waals surface area contributed by atoms with E-state index in [4.69, 9.17) is 4.74 Å². The van der Waals surface area contributed by atoms with Crippen LogP contribution in [-0.2, 0) is 5.41 Å². The molecule has 1 aromatic rings. The van der Waals surface area contributed by atoms with Crippen molar-refractivity contribution >= 4 is 0 Å². The molecular formula is C15H20F3NO. The molecule has 0 spiro atoms. The Morgan fingerprint density at radius 2 is 2.05 bits per heavy atom. The zero-order valence-corrected chi connectivity index (χ0v) is 12.0. The lowest BCUT2D eigenvalue weighted by atomic mass is 9.85. The van der Waals surface area contributed by atoms with E-state index in [1.807, 2.05) is 20.8 Å². The van der Waals surface area contributed by atoms with Crippen molar-refractivity contribution in [2.75, 3.05) is 13.2 Å². The predicted octanol–water partition coefficient (Wildman–Crippen LogP) is 3.96. The Morgan fingerprint density at radius 1 is 1.35 bits per heavy atom. The summed E-state index contributed by atoms with van der Waals surface area (Å²) in [5, 5.41) is 2.58. The van der Waals surface area contributed by atoms with Gasteiger partial charge in [-0.3, -0.25) is 0 Å². The van der Waals surface area contributed by atoms with Crippen molar-refractivity contribution in [3.8, 4) is 5.75 Å². The van der Waals surface area contributed by atoms with Crippen LogP contribution in [0.25, 0.3) is 0 Å². The van der Waals surface area contributed by atoms with Gasteiger partial charge in [-0.2, -0.15) is 13.2 Å². The second-order valence-corrected chi connectivity index (χ2v) is 5.86. The molecule has 5 heteroatoms. The van der Waals surface area contributed by atoms with Gasteiger partial charge >= 0.3 is 6.18 Å². The van der Waals surface area contributed by atoms with E-state index in [-0.39, 0.29) is 11.0 Å². The Labute approximate surface area is 117 Å². The summed E-state index contributed by atoms with van der Waals surface area (Å²) in [7, 11) is 0. The quantitative estimate of drug-likeness (QED) is 0.905. The number of hydrogen-bond acceptors (Lipinski definition) is 2. The minimum absolute atomic E-state index is 0.244. The van der Waals surface area contributed by atoms with E-state index < -0.39 is 12.2 Å². The van der Waals surface area contributed by atoms with Crippen molar-refractivity contribution in [3.05, 3.63) is 29.3 Å². The van der Waals surface area contributed by atoms with Gasteiger partial charge in [0.25, 0.3) is 0 Å². The van der Waals surface area contributed by atoms with Crippen molar-refractivity contribution in [3.63, 3.8) is 0 Å². The van der Waals surface area contributed by atoms with Crippen molar-refractivity contribution < 1.29 is 17.9 Å². The zero-order chi connectivity index (χ0) is 15.0. The molecule has 2 nitrogen and oxygen atoms in total. The highest BCUT2D eigenvalue weighted by Gasteiger charge is 2.41. The van der Waals surface area contributed by atoms with Crippen LogP contribution in [0.2, 0.25) is 0 Å². The van der Waals surface area contributed by atoms with E-state index in [2.05, 4.69) is 5.32 Å². The summed E-state index contributed by atoms with van der Waals surface area (Å²) in [5.41, 5.74) is 0.859. The van der Waals surface area contributed by atoms with E-state index in [0.717, 1.165) is 5.56 Å². The molecule has 0 bridgehead atoms. The molecule has 0 aliphatic carbocycles. The van der Waals surface area contributed by atoms with E-state index in [9.17, 15) is 13.2 Å². The van der Waals surface area contributed by atoms with Gasteiger partial charge in [0.1, 0.15) is 11.8 Å². The molecule has 1 aliphatic rings. The first-order chi connectivity index (χ1) is 9.25. The van der Waals surface area contributed by atoms with Crippen LogP contribution < -0.4 is 10.1 Å². The molecular weight excluding hydrogens is 267 g/mol. The molecule has 112 valence electrons. The van der Waals surface area contributed by atoms with Gasteiger partial charge in [-0.05, 0) is 30.7 Å². The standard InChI is InChI=1S/C15H20F3NO/c1-4-7-19-13(15(16,17)18)10-5-6-12-11(8-10)14(2,3)9-20-12/h5-6,8,13,19H,4,7,9H2,1-3H3. The average molecular weight is 287 g/mol. The highest BCUT2D eigenvalue weighted by Crippen LogP contribution is 2.41. The van der Waals surface area contributed by atoms with Gasteiger partial charge in [0.2, 0.25) is 0 Å². The Hall–Kier alpha value is -1.23. The van der Waals surface area contributed by atoms with Gasteiger partial charge in [0, 0.05) is 11.0 Å². The van der Waals surface area contributed by atoms with E-state index >= 15 is 0 Å². The van der Waals surface area contributed by atoms with Crippen molar-refractivity contribution in [1.82, 2.24) is 5.32 Å². The van der Waals surface area contributed by atoms with Crippen LogP contribution in [0, 0.1) is 0 Å². The molecule has 0 radical (unpaired) electrons. The molecule has 0 saturated heterocycles. The Balaban J connectivity index is 2.35. The van der Waals surface area contributed by atoms with Crippen molar-refractivity contribution in [1.29, 1.82) is 0 Å². The summed E-state index contributed by atoms with van der Waals surface area (Å²) < 4.78 is 45.1. The third-order valence-electron chi connectivity index (χ3n) is 3.58. The van der Waals surface area contributed by atoms with Crippen LogP contribution in [0.5, 0.6) is 5.75 Å². The first-order valence-corrected chi connectivity index (χ1v) is 6.83. The van der Waals surface area contributed by atoms with Crippen LogP contribution in [0.4, 0.5) is 13.2 Å². The summed E-state index contributed by atoms with van der Waals surface area (Å²) >= 11 is 0. The molecule has 20 heavy (non-hydrogen) atoms. The fraction of sp³-hybridized carbons (Fsp3) is 0.600. The number of fused-ring (bicyclic) bond motifs is 1. The molecule has 2 rings (SSSR count). The molecule has 1 unspecified atom stereocenters. The number of rotatable bonds is 4. The molecule has 1 N–H and O–H groups in total. The third kappa shape index (κ3) is 2.92. The molecule has 1 aliphatic heterocycles. The van der Waals surface area contributed by atoms with Crippen LogP contribution in [0.3, 0.4) is 0 Å². The van der Waals surface area contributed by atoms with E-state index in [1.165, 1.54) is 6.07 Å². The topological polar surface area (TPSA) is 21.3 Å². The van der Waals surface area contributed by atoms with Gasteiger partial charge in [0.05, 0.1) is 6.61 Å². The minimum Gasteiger partial charge on any atom is -0.492 e. The second-order valence-electron chi connectivity index (χ2n) is 5.86. The van der Waals surface area contributed by atoms with Gasteiger partial charge in [0.15, 0.2) is 0 Å². The summed E-state index contributed by atoms with van der Waals surface area (Å²) in [5.74, 6) is 0.690. The first-order valence-electron chi connectivity index (χ1n) is 6.83. The smallest absolute Gasteiger partial charge is 0.407 e. The van der Waals surface area contributed by atoms with Crippen LogP contribution >= 0.6 is 0 Å². The highest BCUT2D eigenvalue weighted by atomic mass is 19.4. The second kappa shape index (κ2) is 5.28. The summed E-state index contributed by atoms with van der Waals surface area (Å²) in [6.45, 7) is 6.64. The van der Waals surface area contributed by atoms with Crippen LogP contribution in [0.15, 0.2) is 18.2 Å². The first kappa shape index (κ1) is 15.2. The highest BCUT2D eigenvalue weighted by molar-refractivity contribution is 5.46. The third-order valence-corrected chi connectivity index (χ3v) is 3.58. The predicted molar refractivity (Wildman–Crippen MR) is 72.1 cm³/mol. The zero-order valence-electron chi connectivity index (χ0n) is 12.0. The lowest BCUT2D eigenvalue weighted by Gasteiger charge is -2.23. The minimum atomic E-state index is -4.30. The van der Waals surface area contributed by atoms with Gasteiger partial charge in [-0.15, -0.1) is 0 Å². The normalized spacial score (nSPS) is 18.5. The maximum Gasteiger partial charge on any atom is 0.407 e. The van der Waals surface area contributed by atoms with Gasteiger partial charge in [-0.25, -0.2) is 0 Å². The average Bonchev–Trinajstić information content (AvgIpc) is 2.64. The maximum atomic E-state index is 13.2. The number of halogens is 3. The molecule has 0 saturated carbocycles. The summed E-state index contributed by atoms with van der Waals surface area (Å²) in [6, 6.07) is 3.15. The summed E-state index contributed by atoms with van der Waals surface area (Å²) in [4.78, 5) is 0. The van der Waals surface area contributed by atoms with Gasteiger partial charge < -0.3 is 10.1 Å². The molecule has 1 atom stereocenters. The number of alkyl halides is 3. The molecule has 1 aromatic carbocycles. The van der Waals surface area contributed by atoms with Crippen molar-refractivity contribution in [2.45, 2.75) is 44.8 Å². The largest absolute Gasteiger partial charge is 0.492 e. The van der Waals surface area contributed by atoms with E-state index in [0.29, 0.717) is 25.3 Å². The van der Waals surface area contributed by atoms with E-state index in [1.54, 1.807) is 12.1 Å². The van der Waals surface area contributed by atoms with Crippen molar-refractivity contribution in [2.24, 2.45) is 0 Å². The Bertz CT molecular complexity index is 482.